The fourth-order valence-corrected chi connectivity index (χ4v) is 1.59. The van der Waals surface area contributed by atoms with Crippen molar-refractivity contribution in [3.8, 4) is 0 Å². The Kier molecular flexibility index (Phi) is 3.39. The minimum absolute atomic E-state index is 0.739. The van der Waals surface area contributed by atoms with E-state index in [1.807, 2.05) is 14.0 Å². The Hall–Kier alpha value is -0.540. The van der Waals surface area contributed by atoms with Gasteiger partial charge in [-0.25, -0.2) is 0 Å². The Labute approximate surface area is 71.2 Å². The Bertz CT molecular complexity index is 210. The maximum absolute atomic E-state index is 5.26. The molecule has 0 aliphatic carbocycles. The van der Waals surface area contributed by atoms with Gasteiger partial charge in [0.05, 0.1) is 11.6 Å². The third-order valence-corrected chi connectivity index (χ3v) is 2.43. The Balaban J connectivity index is 2.44. The molecule has 0 saturated carbocycles. The van der Waals surface area contributed by atoms with Crippen LogP contribution in [-0.4, -0.2) is 13.7 Å². The quantitative estimate of drug-likeness (QED) is 0.750. The van der Waals surface area contributed by atoms with E-state index in [0.29, 0.717) is 0 Å². The second-order valence-electron chi connectivity index (χ2n) is 2.15. The van der Waals surface area contributed by atoms with Gasteiger partial charge < -0.3 is 10.1 Å². The Morgan fingerprint density at radius 3 is 2.91 bits per heavy atom. The predicted octanol–water partition coefficient (Wildman–Crippen LogP) is 2.33. The first-order chi connectivity index (χ1) is 5.36. The molecular formula is C8H13NOS. The summed E-state index contributed by atoms with van der Waals surface area (Å²) in [6, 6.07) is 4.16. The van der Waals surface area contributed by atoms with Gasteiger partial charge in [-0.2, -0.15) is 0 Å². The first kappa shape index (κ1) is 8.56. The van der Waals surface area contributed by atoms with Crippen molar-refractivity contribution < 1.29 is 4.74 Å². The lowest BCUT2D eigenvalue weighted by Crippen LogP contribution is -1.87. The van der Waals surface area contributed by atoms with Gasteiger partial charge in [-0.15, -0.1) is 11.3 Å². The summed E-state index contributed by atoms with van der Waals surface area (Å²) >= 11 is 1.74. The van der Waals surface area contributed by atoms with Crippen LogP contribution in [0.4, 0.5) is 5.00 Å². The highest BCUT2D eigenvalue weighted by Crippen LogP contribution is 2.21. The summed E-state index contributed by atoms with van der Waals surface area (Å²) in [6.45, 7) is 3.53. The minimum Gasteiger partial charge on any atom is -0.380 e. The van der Waals surface area contributed by atoms with Crippen molar-refractivity contribution in [3.63, 3.8) is 0 Å². The topological polar surface area (TPSA) is 21.3 Å². The predicted molar refractivity (Wildman–Crippen MR) is 49.2 cm³/mol. The van der Waals surface area contributed by atoms with Crippen molar-refractivity contribution >= 4 is 16.3 Å². The zero-order chi connectivity index (χ0) is 8.10. The van der Waals surface area contributed by atoms with Crippen molar-refractivity contribution in [2.75, 3.05) is 19.0 Å². The van der Waals surface area contributed by atoms with Crippen molar-refractivity contribution in [1.29, 1.82) is 0 Å². The number of nitrogens with one attached hydrogen (secondary N) is 1. The van der Waals surface area contributed by atoms with E-state index in [-0.39, 0.29) is 0 Å². The normalized spacial score (nSPS) is 10.0. The van der Waals surface area contributed by atoms with Gasteiger partial charge in [0, 0.05) is 18.5 Å². The number of anilines is 1. The molecule has 0 aliphatic rings. The molecule has 0 aliphatic heterocycles. The average Bonchev–Trinajstić information content (AvgIpc) is 2.48. The molecule has 1 heterocycles. The number of hydrogen-bond acceptors (Lipinski definition) is 3. The smallest absolute Gasteiger partial charge is 0.0883 e. The molecule has 1 N–H and O–H groups in total. The number of ether oxygens (including phenoxy) is 1. The first-order valence-electron chi connectivity index (χ1n) is 3.71. The van der Waals surface area contributed by atoms with Gasteiger partial charge in [0.25, 0.3) is 0 Å². The van der Waals surface area contributed by atoms with Crippen LogP contribution in [-0.2, 0) is 11.3 Å². The van der Waals surface area contributed by atoms with Crippen LogP contribution in [0.5, 0.6) is 0 Å². The molecule has 0 amide bonds. The molecule has 0 radical (unpaired) electrons. The SMILES string of the molecule is CCOCc1ccc(NC)s1. The van der Waals surface area contributed by atoms with Crippen LogP contribution in [0.2, 0.25) is 0 Å². The standard InChI is InChI=1S/C8H13NOS/c1-3-10-6-7-4-5-8(9-2)11-7/h4-5,9H,3,6H2,1-2H3. The van der Waals surface area contributed by atoms with Crippen molar-refractivity contribution in [1.82, 2.24) is 0 Å². The van der Waals surface area contributed by atoms with E-state index in [0.717, 1.165) is 13.2 Å². The van der Waals surface area contributed by atoms with Crippen LogP contribution in [0, 0.1) is 0 Å². The van der Waals surface area contributed by atoms with Gasteiger partial charge in [-0.1, -0.05) is 0 Å². The van der Waals surface area contributed by atoms with E-state index in [4.69, 9.17) is 4.74 Å². The minimum atomic E-state index is 0.739. The lowest BCUT2D eigenvalue weighted by Gasteiger charge is -1.95. The van der Waals surface area contributed by atoms with Crippen molar-refractivity contribution in [2.24, 2.45) is 0 Å². The molecule has 1 rings (SSSR count). The highest BCUT2D eigenvalue weighted by molar-refractivity contribution is 7.16. The van der Waals surface area contributed by atoms with E-state index >= 15 is 0 Å². The molecule has 0 fully saturated rings. The van der Waals surface area contributed by atoms with Gasteiger partial charge in [0.1, 0.15) is 0 Å². The summed E-state index contributed by atoms with van der Waals surface area (Å²) in [5.41, 5.74) is 0. The molecule has 0 atom stereocenters. The summed E-state index contributed by atoms with van der Waals surface area (Å²) in [5, 5.41) is 4.28. The van der Waals surface area contributed by atoms with E-state index in [2.05, 4.69) is 17.4 Å². The molecule has 0 aromatic carbocycles. The molecule has 0 bridgehead atoms. The molecule has 1 aromatic heterocycles. The molecular weight excluding hydrogens is 158 g/mol. The molecule has 2 nitrogen and oxygen atoms in total. The summed E-state index contributed by atoms with van der Waals surface area (Å²) in [4.78, 5) is 1.27. The zero-order valence-electron chi connectivity index (χ0n) is 6.89. The highest BCUT2D eigenvalue weighted by Gasteiger charge is 1.96. The van der Waals surface area contributed by atoms with Crippen LogP contribution in [0.15, 0.2) is 12.1 Å². The summed E-state index contributed by atoms with van der Waals surface area (Å²) in [7, 11) is 1.93. The van der Waals surface area contributed by atoms with Crippen molar-refractivity contribution in [3.05, 3.63) is 17.0 Å². The largest absolute Gasteiger partial charge is 0.380 e. The molecule has 0 spiro atoms. The van der Waals surface area contributed by atoms with E-state index < -0.39 is 0 Å². The van der Waals surface area contributed by atoms with Gasteiger partial charge in [-0.3, -0.25) is 0 Å². The van der Waals surface area contributed by atoms with Crippen LogP contribution in [0.25, 0.3) is 0 Å². The van der Waals surface area contributed by atoms with Crippen molar-refractivity contribution in [2.45, 2.75) is 13.5 Å². The van der Waals surface area contributed by atoms with E-state index in [9.17, 15) is 0 Å². The molecule has 1 aromatic rings. The lowest BCUT2D eigenvalue weighted by atomic mass is 10.5. The molecule has 0 unspecified atom stereocenters. The maximum Gasteiger partial charge on any atom is 0.0883 e. The molecule has 0 saturated heterocycles. The van der Waals surface area contributed by atoms with Gasteiger partial charge in [-0.05, 0) is 19.1 Å². The van der Waals surface area contributed by atoms with Gasteiger partial charge in [0.2, 0.25) is 0 Å². The number of hydrogen-bond donors (Lipinski definition) is 1. The van der Waals surface area contributed by atoms with Crippen LogP contribution in [0.1, 0.15) is 11.8 Å². The highest BCUT2D eigenvalue weighted by atomic mass is 32.1. The maximum atomic E-state index is 5.26. The third-order valence-electron chi connectivity index (χ3n) is 1.36. The second-order valence-corrected chi connectivity index (χ2v) is 3.32. The summed E-state index contributed by atoms with van der Waals surface area (Å²) in [5.74, 6) is 0. The van der Waals surface area contributed by atoms with E-state index in [1.54, 1.807) is 11.3 Å². The fourth-order valence-electron chi connectivity index (χ4n) is 0.793. The third kappa shape index (κ3) is 2.52. The van der Waals surface area contributed by atoms with Crippen LogP contribution < -0.4 is 5.32 Å². The monoisotopic (exact) mass is 171 g/mol. The van der Waals surface area contributed by atoms with Crippen LogP contribution in [0.3, 0.4) is 0 Å². The molecule has 11 heavy (non-hydrogen) atoms. The molecule has 62 valence electrons. The van der Waals surface area contributed by atoms with Crippen LogP contribution >= 0.6 is 11.3 Å². The average molecular weight is 171 g/mol. The van der Waals surface area contributed by atoms with Gasteiger partial charge >= 0.3 is 0 Å². The summed E-state index contributed by atoms with van der Waals surface area (Å²) < 4.78 is 5.26. The number of rotatable bonds is 4. The second kappa shape index (κ2) is 4.36. The Morgan fingerprint density at radius 2 is 2.36 bits per heavy atom. The van der Waals surface area contributed by atoms with E-state index in [1.165, 1.54) is 9.88 Å². The fraction of sp³-hybridized carbons (Fsp3) is 0.500. The Morgan fingerprint density at radius 1 is 1.55 bits per heavy atom. The molecule has 3 heteroatoms. The summed E-state index contributed by atoms with van der Waals surface area (Å²) in [6.07, 6.45) is 0. The first-order valence-corrected chi connectivity index (χ1v) is 4.52. The number of thiophene rings is 1. The van der Waals surface area contributed by atoms with Gasteiger partial charge in [0.15, 0.2) is 0 Å². The lowest BCUT2D eigenvalue weighted by molar-refractivity contribution is 0.136. The zero-order valence-corrected chi connectivity index (χ0v) is 7.70.